The van der Waals surface area contributed by atoms with Crippen LogP contribution in [0.15, 0.2) is 26.1 Å². The van der Waals surface area contributed by atoms with Gasteiger partial charge in [-0.05, 0) is 46.2 Å². The molecule has 0 aliphatic carbocycles. The number of aromatic nitrogens is 6. The first-order valence-corrected chi connectivity index (χ1v) is 15.9. The number of halogens is 4. The summed E-state index contributed by atoms with van der Waals surface area (Å²) >= 11 is 25.7. The monoisotopic (exact) mass is 568 g/mol. The van der Waals surface area contributed by atoms with Crippen LogP contribution in [0.3, 0.4) is 0 Å². The molecule has 8 nitrogen and oxygen atoms in total. The minimum Gasteiger partial charge on any atom is -0.312 e. The largest absolute Gasteiger partial charge is 0.339 e. The third-order valence-corrected chi connectivity index (χ3v) is 7.12. The van der Waals surface area contributed by atoms with E-state index < -0.39 is 5.20 Å². The molecule has 0 saturated heterocycles. The maximum Gasteiger partial charge on any atom is 0.339 e. The van der Waals surface area contributed by atoms with Crippen LogP contribution in [-0.2, 0) is 4.57 Å². The summed E-state index contributed by atoms with van der Waals surface area (Å²) in [5.74, 6) is 0. The zero-order valence-corrected chi connectivity index (χ0v) is 21.5. The number of rotatable bonds is 2. The molecule has 0 aliphatic heterocycles. The number of hydrogen-bond acceptors (Lipinski definition) is 11. The highest BCUT2D eigenvalue weighted by atomic mass is 36.0. The zero-order chi connectivity index (χ0) is 21.6. The Labute approximate surface area is 199 Å². The molecule has 0 amide bonds. The molecule has 1 N–H and O–H groups in total. The van der Waals surface area contributed by atoms with Gasteiger partial charge in [-0.3, -0.25) is 9.36 Å². The van der Waals surface area contributed by atoms with Crippen molar-refractivity contribution in [2.45, 2.75) is 8.68 Å². The van der Waals surface area contributed by atoms with Gasteiger partial charge in [0.1, 0.15) is 15.7 Å². The Morgan fingerprint density at radius 2 is 1.48 bits per heavy atom. The van der Waals surface area contributed by atoms with Crippen molar-refractivity contribution in [2.24, 2.45) is 0 Å². The number of hydrogen-bond donors (Lipinski definition) is 1. The van der Waals surface area contributed by atoms with Gasteiger partial charge in [-0.1, -0.05) is 35.1 Å². The highest BCUT2D eigenvalue weighted by Gasteiger charge is 2.07. The lowest BCUT2D eigenvalue weighted by Gasteiger charge is -1.86. The van der Waals surface area contributed by atoms with E-state index in [-0.39, 0.29) is 5.56 Å². The molecule has 0 radical (unpaired) electrons. The Morgan fingerprint density at radius 1 is 0.966 bits per heavy atom. The van der Waals surface area contributed by atoms with Crippen LogP contribution in [0.5, 0.6) is 0 Å². The van der Waals surface area contributed by atoms with Gasteiger partial charge in [-0.2, -0.15) is 0 Å². The summed E-state index contributed by atoms with van der Waals surface area (Å²) in [5.41, 5.74) is 1.11. The van der Waals surface area contributed by atoms with Gasteiger partial charge >= 0.3 is 5.20 Å². The van der Waals surface area contributed by atoms with Crippen LogP contribution in [0, 0.1) is 0 Å². The van der Waals surface area contributed by atoms with Crippen molar-refractivity contribution in [1.29, 1.82) is 0 Å². The number of thiazole rings is 2. The minimum atomic E-state index is -3.22. The fraction of sp³-hybridized carbons (Fsp3) is 0.167. The molecule has 0 unspecified atom stereocenters. The van der Waals surface area contributed by atoms with E-state index >= 15 is 0 Å². The van der Waals surface area contributed by atoms with Gasteiger partial charge < -0.3 is 4.98 Å². The molecule has 4 aromatic rings. The Balaban J connectivity index is 0.000000170. The van der Waals surface area contributed by atoms with Crippen LogP contribution in [0.4, 0.5) is 0 Å². The van der Waals surface area contributed by atoms with Gasteiger partial charge in [0.25, 0.3) is 5.56 Å². The van der Waals surface area contributed by atoms with E-state index in [0.29, 0.717) is 21.1 Å². The van der Waals surface area contributed by atoms with Crippen LogP contribution in [-0.4, -0.2) is 42.4 Å². The fourth-order valence-electron chi connectivity index (χ4n) is 1.63. The van der Waals surface area contributed by atoms with Crippen molar-refractivity contribution in [3.8, 4) is 0 Å². The molecule has 4 heterocycles. The van der Waals surface area contributed by atoms with Gasteiger partial charge in [-0.25, -0.2) is 24.9 Å². The highest BCUT2D eigenvalue weighted by molar-refractivity contribution is 8.24. The first kappa shape index (κ1) is 25.1. The van der Waals surface area contributed by atoms with E-state index in [1.807, 2.05) is 12.5 Å². The number of nitrogens with zero attached hydrogens (tertiary/aromatic N) is 5. The standard InChI is InChI=1S/C6H4ClN3S2.C6H5N3OS2.Cl3OP/c1-11-6-10-5-3(12-6)4(7)8-2-9-5;1-11-6-9-4-3(12-6)5(10)8-2-7-4;1-5(2,3)4/h2H,1H3;2H,1H3,(H,7,8,10);. The maximum atomic E-state index is 11.2. The average Bonchev–Trinajstić information content (AvgIpc) is 3.26. The van der Waals surface area contributed by atoms with Gasteiger partial charge in [0.05, 0.1) is 6.33 Å². The van der Waals surface area contributed by atoms with Crippen LogP contribution in [0.1, 0.15) is 0 Å². The Bertz CT molecular complexity index is 1200. The zero-order valence-electron chi connectivity index (χ0n) is 14.3. The van der Waals surface area contributed by atoms with E-state index in [0.717, 1.165) is 13.4 Å². The number of aromatic amines is 1. The first-order chi connectivity index (χ1) is 13.6. The van der Waals surface area contributed by atoms with E-state index in [2.05, 4.69) is 63.6 Å². The third-order valence-electron chi connectivity index (χ3n) is 2.66. The molecule has 0 fully saturated rings. The third kappa shape index (κ3) is 8.12. The molecule has 0 aliphatic rings. The summed E-state index contributed by atoms with van der Waals surface area (Å²) < 4.78 is 12.8. The first-order valence-electron chi connectivity index (χ1n) is 7.00. The second-order valence-corrected chi connectivity index (χ2v) is 15.6. The van der Waals surface area contributed by atoms with Gasteiger partial charge in [0.15, 0.2) is 25.1 Å². The molecule has 4 aromatic heterocycles. The average molecular weight is 570 g/mol. The van der Waals surface area contributed by atoms with E-state index in [1.165, 1.54) is 47.1 Å². The topological polar surface area (TPSA) is 114 Å². The number of nitrogens with one attached hydrogen (secondary N) is 1. The van der Waals surface area contributed by atoms with Gasteiger partial charge in [0.2, 0.25) is 0 Å². The van der Waals surface area contributed by atoms with E-state index in [1.54, 1.807) is 11.8 Å². The van der Waals surface area contributed by atoms with Crippen LogP contribution < -0.4 is 5.56 Å². The lowest BCUT2D eigenvalue weighted by atomic mass is 10.6. The van der Waals surface area contributed by atoms with Crippen molar-refractivity contribution in [2.75, 3.05) is 12.5 Å². The smallest absolute Gasteiger partial charge is 0.312 e. The second-order valence-electron chi connectivity index (χ2n) is 4.47. The molecule has 17 heteroatoms. The Morgan fingerprint density at radius 3 is 1.97 bits per heavy atom. The molecule has 0 saturated carbocycles. The SMILES string of the molecule is CSc1nc2nc[nH]c(=O)c2s1.CSc1nc2ncnc(Cl)c2s1.O=P(Cl)(Cl)Cl. The van der Waals surface area contributed by atoms with Crippen molar-refractivity contribution < 1.29 is 4.57 Å². The Kier molecular flexibility index (Phi) is 9.91. The minimum absolute atomic E-state index is 0.113. The van der Waals surface area contributed by atoms with Crippen molar-refractivity contribution in [1.82, 2.24) is 29.9 Å². The molecule has 4 rings (SSSR count). The summed E-state index contributed by atoms with van der Waals surface area (Å²) in [5, 5.41) is -2.74. The number of H-pyrrole nitrogens is 1. The molecular formula is C12H9Cl4N6O2PS4. The van der Waals surface area contributed by atoms with Gasteiger partial charge in [-0.15, -0.1) is 22.7 Å². The molecule has 0 bridgehead atoms. The van der Waals surface area contributed by atoms with Crippen molar-refractivity contribution >= 4 is 117 Å². The Hall–Kier alpha value is -0.170. The summed E-state index contributed by atoms with van der Waals surface area (Å²) in [4.78, 5) is 33.9. The number of thioether (sulfide) groups is 2. The van der Waals surface area contributed by atoms with Crippen molar-refractivity contribution in [3.05, 3.63) is 28.2 Å². The molecular weight excluding hydrogens is 561 g/mol. The van der Waals surface area contributed by atoms with E-state index in [4.69, 9.17) is 11.6 Å². The summed E-state index contributed by atoms with van der Waals surface area (Å²) in [6, 6.07) is 0. The lowest BCUT2D eigenvalue weighted by molar-refractivity contribution is 0.600. The number of fused-ring (bicyclic) bond motifs is 2. The molecule has 156 valence electrons. The predicted octanol–water partition coefficient (Wildman–Crippen LogP) is 6.37. The quantitative estimate of drug-likeness (QED) is 0.167. The molecule has 0 spiro atoms. The molecule has 0 atom stereocenters. The molecule has 0 aromatic carbocycles. The summed E-state index contributed by atoms with van der Waals surface area (Å²) in [6.07, 6.45) is 6.69. The van der Waals surface area contributed by atoms with Crippen LogP contribution in [0.2, 0.25) is 5.15 Å². The molecule has 29 heavy (non-hydrogen) atoms. The summed E-state index contributed by atoms with van der Waals surface area (Å²) in [7, 11) is 0. The normalized spacial score (nSPS) is 11.0. The maximum absolute atomic E-state index is 11.2. The van der Waals surface area contributed by atoms with Crippen LogP contribution in [0.25, 0.3) is 20.7 Å². The van der Waals surface area contributed by atoms with Crippen molar-refractivity contribution in [3.63, 3.8) is 0 Å². The fourth-order valence-corrected chi connectivity index (χ4v) is 4.68. The lowest BCUT2D eigenvalue weighted by Crippen LogP contribution is -2.03. The van der Waals surface area contributed by atoms with Crippen LogP contribution >= 0.6 is 96.7 Å². The van der Waals surface area contributed by atoms with E-state index in [9.17, 15) is 9.36 Å². The van der Waals surface area contributed by atoms with Gasteiger partial charge in [0, 0.05) is 0 Å². The highest BCUT2D eigenvalue weighted by Crippen LogP contribution is 2.61. The second kappa shape index (κ2) is 11.4. The summed E-state index contributed by atoms with van der Waals surface area (Å²) in [6.45, 7) is 0. The predicted molar refractivity (Wildman–Crippen MR) is 127 cm³/mol.